The Labute approximate surface area is 444 Å². The smallest absolute Gasteiger partial charge is 0.491 e. The predicted octanol–water partition coefficient (Wildman–Crippen LogP) is 9.80. The first-order valence-corrected chi connectivity index (χ1v) is 25.3. The van der Waals surface area contributed by atoms with E-state index in [4.69, 9.17) is 42.6 Å². The maximum absolute atomic E-state index is 6.11. The first kappa shape index (κ1) is 63.3. The van der Waals surface area contributed by atoms with Gasteiger partial charge in [-0.25, -0.2) is 0 Å². The van der Waals surface area contributed by atoms with Gasteiger partial charge in [0.1, 0.15) is 74.1 Å². The molecule has 0 spiro atoms. The van der Waals surface area contributed by atoms with Crippen molar-refractivity contribution >= 4 is 8.41 Å². The summed E-state index contributed by atoms with van der Waals surface area (Å²) in [6.45, 7) is 39.3. The van der Waals surface area contributed by atoms with Crippen LogP contribution in [0.4, 0.5) is 0 Å². The molecule has 0 saturated carbocycles. The van der Waals surface area contributed by atoms with Crippen LogP contribution in [0.25, 0.3) is 0 Å². The quantitative estimate of drug-likeness (QED) is 0.0375. The van der Waals surface area contributed by atoms with E-state index in [1.807, 2.05) is 54.6 Å². The maximum Gasteiger partial charge on any atom is 1.00 e. The summed E-state index contributed by atoms with van der Waals surface area (Å²) in [6, 6.07) is 30.8. The zero-order valence-corrected chi connectivity index (χ0v) is 46.4. The molecule has 0 heterocycles. The molecule has 71 heavy (non-hydrogen) atoms. The minimum atomic E-state index is 0. The second-order valence-electron chi connectivity index (χ2n) is 24.0. The van der Waals surface area contributed by atoms with Gasteiger partial charge in [-0.05, 0) is 105 Å². The minimum absolute atomic E-state index is 0. The van der Waals surface area contributed by atoms with Gasteiger partial charge in [0.15, 0.2) is 0 Å². The van der Waals surface area contributed by atoms with Gasteiger partial charge in [0.05, 0.1) is 39.6 Å². The van der Waals surface area contributed by atoms with Crippen molar-refractivity contribution in [3.8, 4) is 34.5 Å². The molecule has 392 valence electrons. The van der Waals surface area contributed by atoms with Crippen LogP contribution >= 0.6 is 0 Å². The summed E-state index contributed by atoms with van der Waals surface area (Å²) in [5.74, 6) is 4.34. The number of hydrogen-bond donors (Lipinski definition) is 0. The SMILES string of the molecule is CC(C)(C)CC(C)(C)c1ccc(OCCOCCOc2cc(OCCOCCOc3ccc(C(C)(C)CC(C)(C)C)cc3)cc(OCCOCCOc3ccc(C(C)(C)CC(C)(C)C)cc3)c2)cc1.[BH4-].[Li+]. The fourth-order valence-electron chi connectivity index (χ4n) is 9.70. The monoisotopic (exact) mass is 977 g/mol. The molecule has 0 fully saturated rings. The van der Waals surface area contributed by atoms with E-state index in [0.29, 0.717) is 96.5 Å². The van der Waals surface area contributed by atoms with Crippen LogP contribution in [-0.4, -0.2) is 87.7 Å². The molecule has 0 aliphatic heterocycles. The van der Waals surface area contributed by atoms with Crippen molar-refractivity contribution in [1.82, 2.24) is 0 Å². The molecule has 0 amide bonds. The summed E-state index contributed by atoms with van der Waals surface area (Å²) in [7, 11) is 0. The third-order valence-corrected chi connectivity index (χ3v) is 11.7. The van der Waals surface area contributed by atoms with Gasteiger partial charge in [-0.15, -0.1) is 0 Å². The molecule has 0 aliphatic carbocycles. The number of hydrogen-bond acceptors (Lipinski definition) is 9. The van der Waals surface area contributed by atoms with Crippen LogP contribution in [0.1, 0.15) is 140 Å². The van der Waals surface area contributed by atoms with Crippen molar-refractivity contribution in [3.05, 3.63) is 108 Å². The first-order valence-electron chi connectivity index (χ1n) is 25.3. The van der Waals surface area contributed by atoms with Crippen LogP contribution < -0.4 is 47.3 Å². The number of benzene rings is 4. The molecule has 0 saturated heterocycles. The molecule has 0 aromatic heterocycles. The summed E-state index contributed by atoms with van der Waals surface area (Å²) in [6.07, 6.45) is 3.29. The summed E-state index contributed by atoms with van der Waals surface area (Å²) >= 11 is 0. The van der Waals surface area contributed by atoms with Gasteiger partial charge < -0.3 is 42.6 Å². The summed E-state index contributed by atoms with van der Waals surface area (Å²) in [5, 5.41) is 0. The van der Waals surface area contributed by atoms with E-state index in [2.05, 4.69) is 140 Å². The molecule has 11 heteroatoms. The number of ether oxygens (including phenoxy) is 9. The second kappa shape index (κ2) is 29.2. The van der Waals surface area contributed by atoms with Gasteiger partial charge in [0, 0.05) is 18.2 Å². The fourth-order valence-corrected chi connectivity index (χ4v) is 9.70. The fraction of sp³-hybridized carbons (Fsp3) is 0.600. The van der Waals surface area contributed by atoms with Crippen LogP contribution in [0.15, 0.2) is 91.0 Å². The molecule has 0 N–H and O–H groups in total. The van der Waals surface area contributed by atoms with E-state index in [1.54, 1.807) is 0 Å². The third-order valence-electron chi connectivity index (χ3n) is 11.7. The molecule has 4 aromatic rings. The molecule has 0 atom stereocenters. The standard InChI is InChI=1S/C60H90O9.BH4.Li/c1-55(2,3)43-58(10,11)46-16-22-49(23-17-46)64-34-28-61-31-37-67-52-40-53(68-38-32-62-29-35-65-50-24-18-47(19-25-50)59(12,13)44-56(4,5)6)42-54(41-52)69-39-33-63-30-36-66-51-26-20-48(21-27-51)60(14,15)45-57(7,8)9;;/h16-27,40-42H,28-39,43-45H2,1-15H3;1H4;/q;-1;+1. The van der Waals surface area contributed by atoms with Crippen LogP contribution in [-0.2, 0) is 30.5 Å². The second-order valence-corrected chi connectivity index (χ2v) is 24.0. The Kier molecular flexibility index (Phi) is 26.0. The molecule has 4 rings (SSSR count). The van der Waals surface area contributed by atoms with Gasteiger partial charge in [0.25, 0.3) is 0 Å². The largest absolute Gasteiger partial charge is 1.00 e. The topological polar surface area (TPSA) is 83.1 Å². The molecule has 0 aliphatic rings. The maximum atomic E-state index is 6.11. The van der Waals surface area contributed by atoms with Gasteiger partial charge in [0.2, 0.25) is 0 Å². The van der Waals surface area contributed by atoms with Crippen molar-refractivity contribution in [3.63, 3.8) is 0 Å². The zero-order chi connectivity index (χ0) is 50.8. The van der Waals surface area contributed by atoms with E-state index in [-0.39, 0.29) is 59.8 Å². The van der Waals surface area contributed by atoms with E-state index in [9.17, 15) is 0 Å². The third kappa shape index (κ3) is 25.1. The van der Waals surface area contributed by atoms with Gasteiger partial charge in [-0.3, -0.25) is 0 Å². The van der Waals surface area contributed by atoms with Crippen LogP contribution in [0.2, 0.25) is 0 Å². The number of rotatable bonds is 30. The van der Waals surface area contributed by atoms with Crippen molar-refractivity contribution in [1.29, 1.82) is 0 Å². The van der Waals surface area contributed by atoms with Crippen molar-refractivity contribution in [2.45, 2.75) is 139 Å². The molecular weight excluding hydrogens is 882 g/mol. The first-order chi connectivity index (χ1) is 32.3. The van der Waals surface area contributed by atoms with Crippen molar-refractivity contribution in [2.75, 3.05) is 79.3 Å². The van der Waals surface area contributed by atoms with E-state index in [1.165, 1.54) is 16.7 Å². The summed E-state index contributed by atoms with van der Waals surface area (Å²) in [5.41, 5.74) is 4.95. The van der Waals surface area contributed by atoms with Crippen molar-refractivity contribution < 1.29 is 61.5 Å². The molecule has 9 nitrogen and oxygen atoms in total. The summed E-state index contributed by atoms with van der Waals surface area (Å²) < 4.78 is 53.8. The van der Waals surface area contributed by atoms with Crippen LogP contribution in [0.3, 0.4) is 0 Å². The molecule has 4 aromatic carbocycles. The average Bonchev–Trinajstić information content (AvgIpc) is 3.23. The van der Waals surface area contributed by atoms with E-state index >= 15 is 0 Å². The van der Waals surface area contributed by atoms with Crippen molar-refractivity contribution in [2.24, 2.45) is 16.2 Å². The minimum Gasteiger partial charge on any atom is -0.491 e. The Balaban J connectivity index is 0.00000864. The molecular formula is C60H94BLiO9. The predicted molar refractivity (Wildman–Crippen MR) is 294 cm³/mol. The van der Waals surface area contributed by atoms with Gasteiger partial charge >= 0.3 is 18.9 Å². The van der Waals surface area contributed by atoms with E-state index < -0.39 is 0 Å². The molecule has 0 unspecified atom stereocenters. The van der Waals surface area contributed by atoms with Gasteiger partial charge in [-0.1, -0.05) is 149 Å². The normalized spacial score (nSPS) is 12.4. The summed E-state index contributed by atoms with van der Waals surface area (Å²) in [4.78, 5) is 0. The Bertz CT molecular complexity index is 1810. The Morgan fingerprint density at radius 2 is 0.451 bits per heavy atom. The average molecular weight is 977 g/mol. The van der Waals surface area contributed by atoms with Crippen LogP contribution in [0, 0.1) is 16.2 Å². The zero-order valence-electron chi connectivity index (χ0n) is 46.4. The Hall–Kier alpha value is -3.78. The van der Waals surface area contributed by atoms with Crippen LogP contribution in [0.5, 0.6) is 34.5 Å². The van der Waals surface area contributed by atoms with E-state index in [0.717, 1.165) is 36.5 Å². The molecule has 0 bridgehead atoms. The van der Waals surface area contributed by atoms with Gasteiger partial charge in [-0.2, -0.15) is 0 Å². The Morgan fingerprint density at radius 3 is 0.634 bits per heavy atom. The Morgan fingerprint density at radius 1 is 0.268 bits per heavy atom. The molecule has 0 radical (unpaired) electrons.